The summed E-state index contributed by atoms with van der Waals surface area (Å²) in [5.74, 6) is 1.85. The van der Waals surface area contributed by atoms with Crippen molar-refractivity contribution in [1.29, 1.82) is 0 Å². The molecule has 3 aromatic carbocycles. The van der Waals surface area contributed by atoms with Crippen LogP contribution in [0.1, 0.15) is 24.4 Å². The first kappa shape index (κ1) is 22.7. The average Bonchev–Trinajstić information content (AvgIpc) is 3.36. The zero-order valence-corrected chi connectivity index (χ0v) is 20.0. The molecule has 0 radical (unpaired) electrons. The minimum Gasteiger partial charge on any atom is -0.486 e. The highest BCUT2D eigenvalue weighted by atomic mass is 32.2. The minimum atomic E-state index is -3.79. The molecule has 10 heteroatoms. The third-order valence-electron chi connectivity index (χ3n) is 5.45. The Morgan fingerprint density at radius 3 is 2.29 bits per heavy atom. The standard InChI is InChI=1S/C25H24N4O5S/c1-16-3-5-18(6-4-16)25-28-27-24(34-25)17(2)26-19-7-9-20(10-8-19)29-35(30,31)21-11-12-22-23(15-21)33-14-13-32-22/h3-12,15,17,26,29H,13-14H2,1-2H3/t17-/m0/s1. The molecule has 0 saturated carbocycles. The number of rotatable bonds is 7. The van der Waals surface area contributed by atoms with Gasteiger partial charge in [-0.25, -0.2) is 8.42 Å². The van der Waals surface area contributed by atoms with Crippen molar-refractivity contribution in [3.63, 3.8) is 0 Å². The first-order valence-electron chi connectivity index (χ1n) is 11.1. The third-order valence-corrected chi connectivity index (χ3v) is 6.83. The number of ether oxygens (including phenoxy) is 2. The van der Waals surface area contributed by atoms with Gasteiger partial charge in [-0.1, -0.05) is 17.7 Å². The fraction of sp³-hybridized carbons (Fsp3) is 0.200. The SMILES string of the molecule is Cc1ccc(-c2nnc([C@H](C)Nc3ccc(NS(=O)(=O)c4ccc5c(c4)OCCO5)cc3)o2)cc1. The summed E-state index contributed by atoms with van der Waals surface area (Å²) in [4.78, 5) is 0.0957. The van der Waals surface area contributed by atoms with E-state index in [2.05, 4.69) is 20.2 Å². The van der Waals surface area contributed by atoms with Crippen LogP contribution in [0.25, 0.3) is 11.5 Å². The maximum Gasteiger partial charge on any atom is 0.262 e. The van der Waals surface area contributed by atoms with Crippen LogP contribution in [-0.4, -0.2) is 31.8 Å². The number of fused-ring (bicyclic) bond motifs is 1. The van der Waals surface area contributed by atoms with Gasteiger partial charge in [0.2, 0.25) is 11.8 Å². The van der Waals surface area contributed by atoms with Gasteiger partial charge in [-0.15, -0.1) is 10.2 Å². The molecular weight excluding hydrogens is 468 g/mol. The lowest BCUT2D eigenvalue weighted by molar-refractivity contribution is 0.171. The Kier molecular flexibility index (Phi) is 6.04. The molecule has 9 nitrogen and oxygen atoms in total. The highest BCUT2D eigenvalue weighted by Gasteiger charge is 2.20. The van der Waals surface area contributed by atoms with E-state index in [-0.39, 0.29) is 10.9 Å². The molecular formula is C25H24N4O5S. The molecule has 0 spiro atoms. The lowest BCUT2D eigenvalue weighted by Crippen LogP contribution is -2.17. The number of nitrogens with one attached hydrogen (secondary N) is 2. The second-order valence-corrected chi connectivity index (χ2v) is 9.85. The Bertz CT molecular complexity index is 1430. The van der Waals surface area contributed by atoms with Crippen LogP contribution < -0.4 is 19.5 Å². The normalized spacial score (nSPS) is 13.8. The summed E-state index contributed by atoms with van der Waals surface area (Å²) < 4.78 is 45.0. The number of hydrogen-bond donors (Lipinski definition) is 2. The van der Waals surface area contributed by atoms with Crippen LogP contribution in [0.3, 0.4) is 0 Å². The maximum absolute atomic E-state index is 12.8. The maximum atomic E-state index is 12.8. The number of aryl methyl sites for hydroxylation is 1. The van der Waals surface area contributed by atoms with E-state index in [0.29, 0.717) is 42.2 Å². The zero-order valence-electron chi connectivity index (χ0n) is 19.2. The zero-order chi connectivity index (χ0) is 24.4. The van der Waals surface area contributed by atoms with E-state index < -0.39 is 10.0 Å². The molecule has 1 aliphatic rings. The van der Waals surface area contributed by atoms with E-state index in [9.17, 15) is 8.42 Å². The molecule has 0 aliphatic carbocycles. The van der Waals surface area contributed by atoms with Gasteiger partial charge in [-0.3, -0.25) is 4.72 Å². The molecule has 0 bridgehead atoms. The molecule has 0 fully saturated rings. The van der Waals surface area contributed by atoms with Gasteiger partial charge in [-0.2, -0.15) is 0 Å². The Labute approximate surface area is 203 Å². The Hall–Kier alpha value is -4.05. The van der Waals surface area contributed by atoms with Gasteiger partial charge in [0.05, 0.1) is 4.90 Å². The molecule has 1 atom stereocenters. The van der Waals surface area contributed by atoms with E-state index in [1.165, 1.54) is 12.1 Å². The summed E-state index contributed by atoms with van der Waals surface area (Å²) in [5.41, 5.74) is 3.21. The van der Waals surface area contributed by atoms with Crippen LogP contribution in [-0.2, 0) is 10.0 Å². The van der Waals surface area contributed by atoms with Crippen LogP contribution in [0.2, 0.25) is 0 Å². The molecule has 0 saturated heterocycles. The lowest BCUT2D eigenvalue weighted by Gasteiger charge is -2.19. The van der Waals surface area contributed by atoms with Gasteiger partial charge >= 0.3 is 0 Å². The fourth-order valence-electron chi connectivity index (χ4n) is 3.57. The highest BCUT2D eigenvalue weighted by Crippen LogP contribution is 2.33. The summed E-state index contributed by atoms with van der Waals surface area (Å²) in [6, 6.07) is 19.1. The molecule has 2 heterocycles. The highest BCUT2D eigenvalue weighted by molar-refractivity contribution is 7.92. The molecule has 0 amide bonds. The van der Waals surface area contributed by atoms with Crippen molar-refractivity contribution in [2.24, 2.45) is 0 Å². The van der Waals surface area contributed by atoms with Gasteiger partial charge in [0.15, 0.2) is 11.5 Å². The second kappa shape index (κ2) is 9.30. The van der Waals surface area contributed by atoms with Gasteiger partial charge in [-0.05, 0) is 62.4 Å². The number of sulfonamides is 1. The van der Waals surface area contributed by atoms with Crippen molar-refractivity contribution in [2.45, 2.75) is 24.8 Å². The van der Waals surface area contributed by atoms with Crippen molar-refractivity contribution in [1.82, 2.24) is 10.2 Å². The third kappa shape index (κ3) is 5.07. The summed E-state index contributed by atoms with van der Waals surface area (Å²) in [7, 11) is -3.79. The van der Waals surface area contributed by atoms with E-state index in [1.807, 2.05) is 38.1 Å². The number of anilines is 2. The van der Waals surface area contributed by atoms with Crippen molar-refractivity contribution < 1.29 is 22.3 Å². The molecule has 35 heavy (non-hydrogen) atoms. The first-order chi connectivity index (χ1) is 16.9. The van der Waals surface area contributed by atoms with Crippen molar-refractivity contribution in [2.75, 3.05) is 23.3 Å². The van der Waals surface area contributed by atoms with Gasteiger partial charge in [0, 0.05) is 23.0 Å². The number of nitrogens with zero attached hydrogens (tertiary/aromatic N) is 2. The molecule has 1 aliphatic heterocycles. The fourth-order valence-corrected chi connectivity index (χ4v) is 4.65. The minimum absolute atomic E-state index is 0.0957. The smallest absolute Gasteiger partial charge is 0.262 e. The summed E-state index contributed by atoms with van der Waals surface area (Å²) in [6.07, 6.45) is 0. The molecule has 0 unspecified atom stereocenters. The topological polar surface area (TPSA) is 116 Å². The second-order valence-electron chi connectivity index (χ2n) is 8.17. The van der Waals surface area contributed by atoms with E-state index in [1.54, 1.807) is 30.3 Å². The quantitative estimate of drug-likeness (QED) is 0.378. The monoisotopic (exact) mass is 492 g/mol. The van der Waals surface area contributed by atoms with Crippen LogP contribution in [0.15, 0.2) is 76.0 Å². The largest absolute Gasteiger partial charge is 0.486 e. The predicted octanol–water partition coefficient (Wildman–Crippen LogP) is 4.79. The molecule has 180 valence electrons. The molecule has 1 aromatic heterocycles. The van der Waals surface area contributed by atoms with Crippen LogP contribution >= 0.6 is 0 Å². The number of hydrogen-bond acceptors (Lipinski definition) is 8. The molecule has 5 rings (SSSR count). The van der Waals surface area contributed by atoms with Crippen molar-refractivity contribution in [3.8, 4) is 23.0 Å². The Balaban J connectivity index is 1.24. The Morgan fingerprint density at radius 1 is 0.857 bits per heavy atom. The molecule has 4 aromatic rings. The predicted molar refractivity (Wildman–Crippen MR) is 131 cm³/mol. The number of benzene rings is 3. The summed E-state index contributed by atoms with van der Waals surface area (Å²) in [6.45, 7) is 4.75. The van der Waals surface area contributed by atoms with Gasteiger partial charge in [0.1, 0.15) is 19.3 Å². The van der Waals surface area contributed by atoms with Crippen molar-refractivity contribution >= 4 is 21.4 Å². The van der Waals surface area contributed by atoms with Crippen molar-refractivity contribution in [3.05, 3.63) is 78.2 Å². The summed E-state index contributed by atoms with van der Waals surface area (Å²) >= 11 is 0. The van der Waals surface area contributed by atoms with E-state index in [0.717, 1.165) is 16.8 Å². The number of aromatic nitrogens is 2. The summed E-state index contributed by atoms with van der Waals surface area (Å²) in [5, 5.41) is 11.6. The average molecular weight is 493 g/mol. The Morgan fingerprint density at radius 2 is 1.54 bits per heavy atom. The first-order valence-corrected chi connectivity index (χ1v) is 12.6. The lowest BCUT2D eigenvalue weighted by atomic mass is 10.1. The molecule has 2 N–H and O–H groups in total. The van der Waals surface area contributed by atoms with Crippen LogP contribution in [0.4, 0.5) is 11.4 Å². The van der Waals surface area contributed by atoms with E-state index >= 15 is 0 Å². The van der Waals surface area contributed by atoms with Gasteiger partial charge in [0.25, 0.3) is 10.0 Å². The van der Waals surface area contributed by atoms with E-state index in [4.69, 9.17) is 13.9 Å². The van der Waals surface area contributed by atoms with Crippen LogP contribution in [0, 0.1) is 6.92 Å². The van der Waals surface area contributed by atoms with Gasteiger partial charge < -0.3 is 19.2 Å². The van der Waals surface area contributed by atoms with Crippen LogP contribution in [0.5, 0.6) is 11.5 Å².